The van der Waals surface area contributed by atoms with E-state index >= 15 is 0 Å². The van der Waals surface area contributed by atoms with E-state index in [1.165, 1.54) is 0 Å². The van der Waals surface area contributed by atoms with Gasteiger partial charge in [-0.1, -0.05) is 34.1 Å². The molecule has 0 atom stereocenters. The molecule has 0 aliphatic carbocycles. The number of hydrogen-bond acceptors (Lipinski definition) is 3. The number of carbonyl (C=O) groups excluding carboxylic acids is 1. The Bertz CT molecular complexity index is 508. The van der Waals surface area contributed by atoms with Crippen LogP contribution in [-0.4, -0.2) is 24.2 Å². The molecule has 1 aromatic carbocycles. The first-order valence-corrected chi connectivity index (χ1v) is 7.03. The molecule has 0 fully saturated rings. The molecule has 0 saturated heterocycles. The number of carbonyl (C=O) groups is 1. The summed E-state index contributed by atoms with van der Waals surface area (Å²) < 4.78 is 6.21. The average Bonchev–Trinajstić information content (AvgIpc) is 2.40. The molecule has 1 aromatic rings. The fraction of sp³-hybridized carbons (Fsp3) is 0.231. The van der Waals surface area contributed by atoms with Gasteiger partial charge in [-0.2, -0.15) is 0 Å². The van der Waals surface area contributed by atoms with Gasteiger partial charge in [-0.05, 0) is 37.3 Å². The van der Waals surface area contributed by atoms with Gasteiger partial charge in [0.2, 0.25) is 0 Å². The maximum absolute atomic E-state index is 11.5. The first kappa shape index (κ1) is 16.5. The summed E-state index contributed by atoms with van der Waals surface area (Å²) in [6, 6.07) is 7.25. The lowest BCUT2D eigenvalue weighted by molar-refractivity contribution is -0.123. The van der Waals surface area contributed by atoms with Crippen LogP contribution in [0.3, 0.4) is 0 Å². The summed E-state index contributed by atoms with van der Waals surface area (Å²) in [5, 5.41) is 3.20. The maximum atomic E-state index is 11.5. The molecule has 0 heterocycles. The van der Waals surface area contributed by atoms with Gasteiger partial charge in [-0.3, -0.25) is 15.6 Å². The van der Waals surface area contributed by atoms with Crippen molar-refractivity contribution in [1.82, 2.24) is 16.2 Å². The van der Waals surface area contributed by atoms with Gasteiger partial charge in [0.1, 0.15) is 5.75 Å². The standard InChI is InChI=1S/C13H16BrN3O2S/c1-9(2)7-15-13(20)17-16-12(18)8-19-11-5-3-4-10(14)6-11/h3-6H,1,7-8H2,2H3,(H,16,18)(H2,15,17,20). The van der Waals surface area contributed by atoms with Gasteiger partial charge in [0.25, 0.3) is 5.91 Å². The molecule has 0 radical (unpaired) electrons. The Kier molecular flexibility index (Phi) is 7.03. The van der Waals surface area contributed by atoms with E-state index in [-0.39, 0.29) is 12.5 Å². The molecule has 0 aromatic heterocycles. The first-order valence-electron chi connectivity index (χ1n) is 5.83. The highest BCUT2D eigenvalue weighted by Gasteiger charge is 2.03. The van der Waals surface area contributed by atoms with Crippen LogP contribution in [-0.2, 0) is 4.79 Å². The van der Waals surface area contributed by atoms with Gasteiger partial charge >= 0.3 is 0 Å². The third-order valence-corrected chi connectivity index (χ3v) is 2.77. The van der Waals surface area contributed by atoms with Gasteiger partial charge in [0.05, 0.1) is 0 Å². The number of ether oxygens (including phenoxy) is 1. The van der Waals surface area contributed by atoms with E-state index in [1.807, 2.05) is 19.1 Å². The van der Waals surface area contributed by atoms with Crippen LogP contribution in [0.2, 0.25) is 0 Å². The minimum Gasteiger partial charge on any atom is -0.484 e. The van der Waals surface area contributed by atoms with Crippen molar-refractivity contribution in [2.24, 2.45) is 0 Å². The van der Waals surface area contributed by atoms with Gasteiger partial charge in [0, 0.05) is 11.0 Å². The summed E-state index contributed by atoms with van der Waals surface area (Å²) in [6.07, 6.45) is 0. The monoisotopic (exact) mass is 357 g/mol. The zero-order valence-corrected chi connectivity index (χ0v) is 13.4. The Morgan fingerprint density at radius 3 is 2.85 bits per heavy atom. The van der Waals surface area contributed by atoms with E-state index < -0.39 is 0 Å². The number of thiocarbonyl (C=S) groups is 1. The smallest absolute Gasteiger partial charge is 0.276 e. The molecule has 108 valence electrons. The molecule has 0 aliphatic rings. The lowest BCUT2D eigenvalue weighted by Crippen LogP contribution is -2.48. The topological polar surface area (TPSA) is 62.4 Å². The summed E-state index contributed by atoms with van der Waals surface area (Å²) >= 11 is 8.28. The van der Waals surface area contributed by atoms with Gasteiger partial charge in [-0.15, -0.1) is 0 Å². The van der Waals surface area contributed by atoms with Crippen LogP contribution in [0.5, 0.6) is 5.75 Å². The zero-order chi connectivity index (χ0) is 15.0. The van der Waals surface area contributed by atoms with Crippen molar-refractivity contribution in [3.8, 4) is 5.75 Å². The number of hydrogen-bond donors (Lipinski definition) is 3. The highest BCUT2D eigenvalue weighted by Crippen LogP contribution is 2.17. The second-order valence-corrected chi connectivity index (χ2v) is 5.38. The summed E-state index contributed by atoms with van der Waals surface area (Å²) in [5.74, 6) is 0.280. The number of hydrazine groups is 1. The van der Waals surface area contributed by atoms with Crippen LogP contribution in [0, 0.1) is 0 Å². The minimum absolute atomic E-state index is 0.105. The summed E-state index contributed by atoms with van der Waals surface area (Å²) in [7, 11) is 0. The van der Waals surface area contributed by atoms with Crippen molar-refractivity contribution in [1.29, 1.82) is 0 Å². The van der Waals surface area contributed by atoms with Gasteiger partial charge < -0.3 is 10.1 Å². The van der Waals surface area contributed by atoms with Crippen molar-refractivity contribution in [2.75, 3.05) is 13.2 Å². The second-order valence-electron chi connectivity index (χ2n) is 4.06. The van der Waals surface area contributed by atoms with E-state index in [0.29, 0.717) is 17.4 Å². The first-order chi connectivity index (χ1) is 9.47. The van der Waals surface area contributed by atoms with E-state index in [1.54, 1.807) is 12.1 Å². The second kappa shape index (κ2) is 8.55. The van der Waals surface area contributed by atoms with E-state index in [9.17, 15) is 4.79 Å². The van der Waals surface area contributed by atoms with E-state index in [4.69, 9.17) is 17.0 Å². The molecule has 0 spiro atoms. The zero-order valence-electron chi connectivity index (χ0n) is 11.0. The molecule has 0 saturated carbocycles. The largest absolute Gasteiger partial charge is 0.484 e. The van der Waals surface area contributed by atoms with E-state index in [0.717, 1.165) is 10.0 Å². The Hall–Kier alpha value is -1.60. The Balaban J connectivity index is 2.23. The number of amides is 1. The molecule has 0 aliphatic heterocycles. The van der Waals surface area contributed by atoms with Crippen LogP contribution in [0.1, 0.15) is 6.92 Å². The Morgan fingerprint density at radius 2 is 2.20 bits per heavy atom. The van der Waals surface area contributed by atoms with Crippen molar-refractivity contribution >= 4 is 39.2 Å². The molecule has 1 rings (SSSR count). The number of rotatable bonds is 5. The normalized spacial score (nSPS) is 9.50. The highest BCUT2D eigenvalue weighted by atomic mass is 79.9. The third-order valence-electron chi connectivity index (χ3n) is 2.03. The van der Waals surface area contributed by atoms with Crippen LogP contribution in [0.15, 0.2) is 40.9 Å². The lowest BCUT2D eigenvalue weighted by atomic mass is 10.3. The molecular formula is C13H16BrN3O2S. The molecular weight excluding hydrogens is 342 g/mol. The SMILES string of the molecule is C=C(C)CNC(=S)NNC(=O)COc1cccc(Br)c1. The highest BCUT2D eigenvalue weighted by molar-refractivity contribution is 9.10. The molecule has 5 nitrogen and oxygen atoms in total. The predicted molar refractivity (Wildman–Crippen MR) is 86.3 cm³/mol. The van der Waals surface area contributed by atoms with Gasteiger partial charge in [-0.25, -0.2) is 0 Å². The molecule has 7 heteroatoms. The van der Waals surface area contributed by atoms with Crippen LogP contribution in [0.25, 0.3) is 0 Å². The number of halogens is 1. The van der Waals surface area contributed by atoms with Crippen LogP contribution >= 0.6 is 28.1 Å². The average molecular weight is 358 g/mol. The van der Waals surface area contributed by atoms with Crippen molar-refractivity contribution in [3.63, 3.8) is 0 Å². The molecule has 20 heavy (non-hydrogen) atoms. The molecule has 0 bridgehead atoms. The van der Waals surface area contributed by atoms with E-state index in [2.05, 4.69) is 38.7 Å². The Labute approximate surface area is 131 Å². The maximum Gasteiger partial charge on any atom is 0.276 e. The summed E-state index contributed by atoms with van der Waals surface area (Å²) in [6.45, 7) is 6.05. The van der Waals surface area contributed by atoms with Crippen molar-refractivity contribution < 1.29 is 9.53 Å². The van der Waals surface area contributed by atoms with Crippen LogP contribution in [0.4, 0.5) is 0 Å². The predicted octanol–water partition coefficient (Wildman–Crippen LogP) is 1.90. The molecule has 1 amide bonds. The summed E-state index contributed by atoms with van der Waals surface area (Å²) in [5.41, 5.74) is 5.95. The number of nitrogens with one attached hydrogen (secondary N) is 3. The fourth-order valence-electron chi connectivity index (χ4n) is 1.14. The summed E-state index contributed by atoms with van der Waals surface area (Å²) in [4.78, 5) is 11.5. The minimum atomic E-state index is -0.329. The van der Waals surface area contributed by atoms with Gasteiger partial charge in [0.15, 0.2) is 11.7 Å². The fourth-order valence-corrected chi connectivity index (χ4v) is 1.65. The van der Waals surface area contributed by atoms with Crippen molar-refractivity contribution in [2.45, 2.75) is 6.92 Å². The number of benzene rings is 1. The quantitative estimate of drug-likeness (QED) is 0.426. The lowest BCUT2D eigenvalue weighted by Gasteiger charge is -2.12. The molecule has 0 unspecified atom stereocenters. The van der Waals surface area contributed by atoms with Crippen LogP contribution < -0.4 is 20.9 Å². The third kappa shape index (κ3) is 7.10. The Morgan fingerprint density at radius 1 is 1.45 bits per heavy atom. The van der Waals surface area contributed by atoms with Crippen molar-refractivity contribution in [3.05, 3.63) is 40.9 Å². The molecule has 3 N–H and O–H groups in total.